The van der Waals surface area contributed by atoms with Gasteiger partial charge < -0.3 is 19.6 Å². The molecule has 0 bridgehead atoms. The number of H-pyrrole nitrogens is 1. The van der Waals surface area contributed by atoms with Crippen molar-refractivity contribution in [1.82, 2.24) is 9.97 Å². The molecule has 1 aromatic heterocycles. The number of aromatic nitrogens is 2. The number of ether oxygens (including phenoxy) is 2. The molecule has 2 N–H and O–H groups in total. The van der Waals surface area contributed by atoms with Crippen molar-refractivity contribution in [3.05, 3.63) is 70.0 Å². The molecule has 0 spiro atoms. The molecule has 0 radical (unpaired) electrons. The minimum Gasteiger partial charge on any atom is -0.493 e. The van der Waals surface area contributed by atoms with Gasteiger partial charge in [-0.15, -0.1) is 0 Å². The predicted octanol–water partition coefficient (Wildman–Crippen LogP) is 3.24. The Morgan fingerprint density at radius 3 is 2.57 bits per heavy atom. The summed E-state index contributed by atoms with van der Waals surface area (Å²) in [6, 6.07) is 15.0. The van der Waals surface area contributed by atoms with Crippen molar-refractivity contribution in [2.24, 2.45) is 0 Å². The number of carbonyl (C=O) groups is 1. The van der Waals surface area contributed by atoms with Crippen LogP contribution in [-0.4, -0.2) is 34.4 Å². The molecule has 1 unspecified atom stereocenters. The fourth-order valence-electron chi connectivity index (χ4n) is 2.79. The number of hydrogen-bond acceptors (Lipinski definition) is 7. The van der Waals surface area contributed by atoms with Gasteiger partial charge in [-0.05, 0) is 24.5 Å². The predicted molar refractivity (Wildman–Crippen MR) is 111 cm³/mol. The smallest absolute Gasteiger partial charge is 0.349 e. The van der Waals surface area contributed by atoms with Crippen LogP contribution in [0.3, 0.4) is 0 Å². The topological polar surface area (TPSA) is 125 Å². The molecule has 0 aliphatic carbocycles. The number of nitrogens with one attached hydrogen (secondary N) is 1. The van der Waals surface area contributed by atoms with E-state index in [4.69, 9.17) is 9.47 Å². The zero-order valence-corrected chi connectivity index (χ0v) is 16.9. The van der Waals surface area contributed by atoms with Crippen molar-refractivity contribution in [3.8, 4) is 28.8 Å². The van der Waals surface area contributed by atoms with E-state index in [0.29, 0.717) is 22.0 Å². The van der Waals surface area contributed by atoms with Crippen molar-refractivity contribution in [2.45, 2.75) is 11.3 Å². The lowest BCUT2D eigenvalue weighted by Crippen LogP contribution is -2.18. The molecule has 0 aliphatic rings. The van der Waals surface area contributed by atoms with Gasteiger partial charge in [0.15, 0.2) is 16.7 Å². The second-order valence-corrected chi connectivity index (χ2v) is 6.82. The number of benzene rings is 2. The standard InChI is InChI=1S/C21H17N3O5S/c1-28-15-9-8-13(17-14(11-22)19(25)24-21(23-17)30-2)10-16(15)29-18(20(26)27)12-6-4-3-5-7-12/h3-10,18H,1-2H3,(H,26,27)(H,23,24,25). The van der Waals surface area contributed by atoms with E-state index in [-0.39, 0.29) is 17.0 Å². The number of methoxy groups -OCH3 is 1. The fraction of sp³-hybridized carbons (Fsp3) is 0.143. The lowest BCUT2D eigenvalue weighted by atomic mass is 10.1. The van der Waals surface area contributed by atoms with E-state index in [1.54, 1.807) is 48.7 Å². The number of aromatic amines is 1. The van der Waals surface area contributed by atoms with Crippen molar-refractivity contribution in [1.29, 1.82) is 5.26 Å². The molecule has 3 rings (SSSR count). The summed E-state index contributed by atoms with van der Waals surface area (Å²) in [6.07, 6.45) is 0.466. The number of thioether (sulfide) groups is 1. The summed E-state index contributed by atoms with van der Waals surface area (Å²) in [7, 11) is 1.43. The highest BCUT2D eigenvalue weighted by atomic mass is 32.2. The van der Waals surface area contributed by atoms with Crippen molar-refractivity contribution < 1.29 is 19.4 Å². The number of carboxylic acids is 1. The molecule has 3 aromatic rings. The Balaban J connectivity index is 2.11. The van der Waals surface area contributed by atoms with Gasteiger partial charge in [0, 0.05) is 11.1 Å². The monoisotopic (exact) mass is 423 g/mol. The molecular weight excluding hydrogens is 406 g/mol. The summed E-state index contributed by atoms with van der Waals surface area (Å²) in [5, 5.41) is 19.4. The summed E-state index contributed by atoms with van der Waals surface area (Å²) < 4.78 is 11.1. The molecule has 0 saturated heterocycles. The van der Waals surface area contributed by atoms with Crippen LogP contribution in [0, 0.1) is 11.3 Å². The number of hydrogen-bond donors (Lipinski definition) is 2. The van der Waals surface area contributed by atoms with Crippen LogP contribution < -0.4 is 15.0 Å². The first kappa shape index (κ1) is 21.0. The average molecular weight is 423 g/mol. The maximum atomic E-state index is 12.2. The highest BCUT2D eigenvalue weighted by molar-refractivity contribution is 7.98. The van der Waals surface area contributed by atoms with Gasteiger partial charge in [0.25, 0.3) is 5.56 Å². The van der Waals surface area contributed by atoms with Crippen molar-refractivity contribution >= 4 is 17.7 Å². The van der Waals surface area contributed by atoms with Crippen LogP contribution in [0.25, 0.3) is 11.3 Å². The molecule has 1 atom stereocenters. The summed E-state index contributed by atoms with van der Waals surface area (Å²) >= 11 is 1.22. The Morgan fingerprint density at radius 2 is 1.97 bits per heavy atom. The van der Waals surface area contributed by atoms with Gasteiger partial charge >= 0.3 is 5.97 Å². The molecule has 0 aliphatic heterocycles. The van der Waals surface area contributed by atoms with Gasteiger partial charge in [-0.1, -0.05) is 42.1 Å². The van der Waals surface area contributed by atoms with E-state index in [1.165, 1.54) is 24.9 Å². The number of carboxylic acid groups (broad SMARTS) is 1. The third kappa shape index (κ3) is 4.29. The second-order valence-electron chi connectivity index (χ2n) is 6.02. The molecule has 2 aromatic carbocycles. The Labute approximate surface area is 176 Å². The zero-order chi connectivity index (χ0) is 21.7. The highest BCUT2D eigenvalue weighted by Gasteiger charge is 2.24. The Kier molecular flexibility index (Phi) is 6.39. The normalized spacial score (nSPS) is 11.4. The third-order valence-electron chi connectivity index (χ3n) is 4.21. The van der Waals surface area contributed by atoms with E-state index >= 15 is 0 Å². The van der Waals surface area contributed by atoms with Crippen molar-refractivity contribution in [2.75, 3.05) is 13.4 Å². The number of aliphatic carboxylic acids is 1. The molecule has 0 saturated carbocycles. The minimum atomic E-state index is -1.28. The maximum Gasteiger partial charge on any atom is 0.349 e. The molecular formula is C21H17N3O5S. The summed E-state index contributed by atoms with van der Waals surface area (Å²) in [5.41, 5.74) is 0.333. The van der Waals surface area contributed by atoms with E-state index in [2.05, 4.69) is 9.97 Å². The van der Waals surface area contributed by atoms with Crippen LogP contribution in [0.4, 0.5) is 0 Å². The molecule has 1 heterocycles. The molecule has 9 heteroatoms. The molecule has 8 nitrogen and oxygen atoms in total. The van der Waals surface area contributed by atoms with Gasteiger partial charge in [0.2, 0.25) is 6.10 Å². The third-order valence-corrected chi connectivity index (χ3v) is 4.79. The van der Waals surface area contributed by atoms with Crippen LogP contribution in [0.1, 0.15) is 17.2 Å². The van der Waals surface area contributed by atoms with Gasteiger partial charge in [0.1, 0.15) is 11.6 Å². The molecule has 0 amide bonds. The van der Waals surface area contributed by atoms with E-state index in [1.807, 2.05) is 6.07 Å². The Bertz CT molecular complexity index is 1170. The van der Waals surface area contributed by atoms with Gasteiger partial charge in [-0.3, -0.25) is 4.79 Å². The summed E-state index contributed by atoms with van der Waals surface area (Å²) in [5.74, 6) is -0.734. The first-order valence-electron chi connectivity index (χ1n) is 8.69. The van der Waals surface area contributed by atoms with Gasteiger partial charge in [-0.2, -0.15) is 5.26 Å². The van der Waals surface area contributed by atoms with Crippen molar-refractivity contribution in [3.63, 3.8) is 0 Å². The number of nitriles is 1. The average Bonchev–Trinajstić information content (AvgIpc) is 2.77. The number of nitrogens with zero attached hydrogens (tertiary/aromatic N) is 2. The second kappa shape index (κ2) is 9.15. The SMILES string of the molecule is COc1ccc(-c2nc(SC)[nH]c(=O)c2C#N)cc1OC(C(=O)O)c1ccccc1. The van der Waals surface area contributed by atoms with Gasteiger partial charge in [-0.25, -0.2) is 9.78 Å². The lowest BCUT2D eigenvalue weighted by molar-refractivity contribution is -0.145. The van der Waals surface area contributed by atoms with Crippen LogP contribution >= 0.6 is 11.8 Å². The fourth-order valence-corrected chi connectivity index (χ4v) is 3.17. The van der Waals surface area contributed by atoms with E-state index < -0.39 is 17.6 Å². The Morgan fingerprint density at radius 1 is 1.23 bits per heavy atom. The van der Waals surface area contributed by atoms with Crippen LogP contribution in [0.5, 0.6) is 11.5 Å². The maximum absolute atomic E-state index is 12.2. The zero-order valence-electron chi connectivity index (χ0n) is 16.1. The summed E-state index contributed by atoms with van der Waals surface area (Å²) in [6.45, 7) is 0. The van der Waals surface area contributed by atoms with Crippen LogP contribution in [0.15, 0.2) is 58.5 Å². The quantitative estimate of drug-likeness (QED) is 0.438. The Hall–Kier alpha value is -3.77. The van der Waals surface area contributed by atoms with Crippen LogP contribution in [-0.2, 0) is 4.79 Å². The van der Waals surface area contributed by atoms with E-state index in [0.717, 1.165) is 0 Å². The molecule has 30 heavy (non-hydrogen) atoms. The lowest BCUT2D eigenvalue weighted by Gasteiger charge is -2.18. The van der Waals surface area contributed by atoms with E-state index in [9.17, 15) is 20.0 Å². The molecule has 0 fully saturated rings. The highest BCUT2D eigenvalue weighted by Crippen LogP contribution is 2.35. The number of rotatable bonds is 7. The minimum absolute atomic E-state index is 0.142. The first-order chi connectivity index (χ1) is 14.5. The molecule has 152 valence electrons. The van der Waals surface area contributed by atoms with Crippen LogP contribution in [0.2, 0.25) is 0 Å². The van der Waals surface area contributed by atoms with Gasteiger partial charge in [0.05, 0.1) is 12.8 Å². The largest absolute Gasteiger partial charge is 0.493 e. The first-order valence-corrected chi connectivity index (χ1v) is 9.92. The summed E-state index contributed by atoms with van der Waals surface area (Å²) in [4.78, 5) is 30.9.